The van der Waals surface area contributed by atoms with Crippen LogP contribution in [0.3, 0.4) is 0 Å². The van der Waals surface area contributed by atoms with E-state index in [4.69, 9.17) is 19.9 Å². The molecule has 1 saturated heterocycles. The van der Waals surface area contributed by atoms with Gasteiger partial charge in [-0.3, -0.25) is 0 Å². The molecule has 5 nitrogen and oxygen atoms in total. The summed E-state index contributed by atoms with van der Waals surface area (Å²) in [5.41, 5.74) is 8.83. The molecule has 2 aromatic rings. The molecule has 26 heavy (non-hydrogen) atoms. The average Bonchev–Trinajstić information content (AvgIpc) is 2.68. The van der Waals surface area contributed by atoms with Crippen molar-refractivity contribution < 1.29 is 19.0 Å². The van der Waals surface area contributed by atoms with Crippen LogP contribution < -0.4 is 10.5 Å². The number of rotatable bonds is 5. The number of benzene rings is 2. The number of ether oxygens (including phenoxy) is 3. The summed E-state index contributed by atoms with van der Waals surface area (Å²) in [7, 11) is 1.65. The Kier molecular flexibility index (Phi) is 5.91. The second-order valence-electron chi connectivity index (χ2n) is 6.47. The highest BCUT2D eigenvalue weighted by Gasteiger charge is 2.30. The van der Waals surface area contributed by atoms with Gasteiger partial charge in [0.2, 0.25) is 0 Å². The maximum absolute atomic E-state index is 12.0. The van der Waals surface area contributed by atoms with E-state index in [1.54, 1.807) is 20.1 Å². The van der Waals surface area contributed by atoms with E-state index >= 15 is 0 Å². The van der Waals surface area contributed by atoms with Gasteiger partial charge in [-0.25, -0.2) is 4.79 Å². The Balaban J connectivity index is 1.82. The zero-order valence-corrected chi connectivity index (χ0v) is 15.2. The lowest BCUT2D eigenvalue weighted by Crippen LogP contribution is -2.32. The van der Waals surface area contributed by atoms with Crippen LogP contribution in [0.2, 0.25) is 0 Å². The molecule has 5 heteroatoms. The molecule has 3 atom stereocenters. The van der Waals surface area contributed by atoms with Crippen molar-refractivity contribution >= 4 is 5.97 Å². The molecule has 1 fully saturated rings. The lowest BCUT2D eigenvalue weighted by molar-refractivity contribution is -0.0606. The summed E-state index contributed by atoms with van der Waals surface area (Å²) in [5, 5.41) is 0. The van der Waals surface area contributed by atoms with Gasteiger partial charge in [0, 0.05) is 6.04 Å². The summed E-state index contributed by atoms with van der Waals surface area (Å²) < 4.78 is 16.7. The molecule has 1 aliphatic heterocycles. The standard InChI is InChI=1S/C21H25NO4/c1-3-25-21(23)16-8-4-6-14(10-16)19-12-17(22)13-20(26-19)15-7-5-9-18(11-15)24-2/h4-11,17,19-20H,3,12-13,22H2,1-2H3/t17-,19-,20+/m1/s1. The highest BCUT2D eigenvalue weighted by atomic mass is 16.5. The zero-order chi connectivity index (χ0) is 18.5. The van der Waals surface area contributed by atoms with Gasteiger partial charge in [-0.15, -0.1) is 0 Å². The van der Waals surface area contributed by atoms with E-state index in [2.05, 4.69) is 0 Å². The van der Waals surface area contributed by atoms with E-state index in [0.29, 0.717) is 18.6 Å². The number of nitrogens with two attached hydrogens (primary N) is 1. The Bertz CT molecular complexity index is 761. The quantitative estimate of drug-likeness (QED) is 0.826. The first-order valence-electron chi connectivity index (χ1n) is 8.92. The Hall–Kier alpha value is -2.37. The van der Waals surface area contributed by atoms with Crippen LogP contribution >= 0.6 is 0 Å². The monoisotopic (exact) mass is 355 g/mol. The molecule has 1 aliphatic rings. The molecule has 2 N–H and O–H groups in total. The van der Waals surface area contributed by atoms with Crippen LogP contribution in [0.4, 0.5) is 0 Å². The topological polar surface area (TPSA) is 70.8 Å². The molecule has 2 aromatic carbocycles. The lowest BCUT2D eigenvalue weighted by atomic mass is 9.91. The smallest absolute Gasteiger partial charge is 0.338 e. The first-order chi connectivity index (χ1) is 12.6. The van der Waals surface area contributed by atoms with Crippen molar-refractivity contribution in [2.45, 2.75) is 38.0 Å². The van der Waals surface area contributed by atoms with Gasteiger partial charge in [-0.2, -0.15) is 0 Å². The molecular weight excluding hydrogens is 330 g/mol. The van der Waals surface area contributed by atoms with Crippen LogP contribution in [0.25, 0.3) is 0 Å². The second kappa shape index (κ2) is 8.34. The molecule has 0 bridgehead atoms. The van der Waals surface area contributed by atoms with E-state index in [-0.39, 0.29) is 24.2 Å². The predicted octanol–water partition coefficient (Wildman–Crippen LogP) is 3.79. The van der Waals surface area contributed by atoms with Gasteiger partial charge in [-0.1, -0.05) is 24.3 Å². The first kappa shape index (κ1) is 18.4. The predicted molar refractivity (Wildman–Crippen MR) is 99.2 cm³/mol. The largest absolute Gasteiger partial charge is 0.497 e. The van der Waals surface area contributed by atoms with Gasteiger partial charge in [0.05, 0.1) is 31.5 Å². The van der Waals surface area contributed by atoms with Gasteiger partial charge in [-0.05, 0) is 55.2 Å². The van der Waals surface area contributed by atoms with E-state index in [1.165, 1.54) is 0 Å². The van der Waals surface area contributed by atoms with E-state index in [0.717, 1.165) is 23.3 Å². The van der Waals surface area contributed by atoms with Crippen LogP contribution in [0.15, 0.2) is 48.5 Å². The Morgan fingerprint density at radius 1 is 1.12 bits per heavy atom. The highest BCUT2D eigenvalue weighted by molar-refractivity contribution is 5.89. The minimum absolute atomic E-state index is 0.0243. The van der Waals surface area contributed by atoms with Crippen LogP contribution in [0, 0.1) is 0 Å². The van der Waals surface area contributed by atoms with Crippen molar-refractivity contribution in [2.75, 3.05) is 13.7 Å². The summed E-state index contributed by atoms with van der Waals surface area (Å²) in [6.45, 7) is 2.15. The minimum Gasteiger partial charge on any atom is -0.497 e. The molecule has 0 aromatic heterocycles. The van der Waals surface area contributed by atoms with Crippen molar-refractivity contribution in [2.24, 2.45) is 5.73 Å². The normalized spacial score (nSPS) is 22.7. The Morgan fingerprint density at radius 2 is 1.77 bits per heavy atom. The number of methoxy groups -OCH3 is 1. The van der Waals surface area contributed by atoms with Crippen LogP contribution in [0.5, 0.6) is 5.75 Å². The zero-order valence-electron chi connectivity index (χ0n) is 15.2. The molecule has 0 radical (unpaired) electrons. The third-order valence-corrected chi connectivity index (χ3v) is 4.60. The summed E-state index contributed by atoms with van der Waals surface area (Å²) in [6, 6.07) is 15.3. The van der Waals surface area contributed by atoms with E-state index in [1.807, 2.05) is 42.5 Å². The number of hydrogen-bond acceptors (Lipinski definition) is 5. The highest BCUT2D eigenvalue weighted by Crippen LogP contribution is 2.39. The molecule has 3 rings (SSSR count). The van der Waals surface area contributed by atoms with Gasteiger partial charge in [0.25, 0.3) is 0 Å². The number of hydrogen-bond donors (Lipinski definition) is 1. The first-order valence-corrected chi connectivity index (χ1v) is 8.92. The molecular formula is C21H25NO4. The third-order valence-electron chi connectivity index (χ3n) is 4.60. The van der Waals surface area contributed by atoms with Crippen LogP contribution in [0.1, 0.15) is 53.5 Å². The van der Waals surface area contributed by atoms with E-state index < -0.39 is 0 Å². The van der Waals surface area contributed by atoms with Gasteiger partial charge in [0.15, 0.2) is 0 Å². The third kappa shape index (κ3) is 4.23. The van der Waals surface area contributed by atoms with Crippen LogP contribution in [-0.2, 0) is 9.47 Å². The van der Waals surface area contributed by atoms with Gasteiger partial charge >= 0.3 is 5.97 Å². The summed E-state index contributed by atoms with van der Waals surface area (Å²) in [6.07, 6.45) is 1.20. The second-order valence-corrected chi connectivity index (χ2v) is 6.47. The van der Waals surface area contributed by atoms with Crippen molar-refractivity contribution in [3.8, 4) is 5.75 Å². The Labute approximate surface area is 154 Å². The maximum Gasteiger partial charge on any atom is 0.338 e. The number of carbonyl (C=O) groups is 1. The molecule has 1 heterocycles. The fourth-order valence-electron chi connectivity index (χ4n) is 3.31. The van der Waals surface area contributed by atoms with Gasteiger partial charge < -0.3 is 19.9 Å². The maximum atomic E-state index is 12.0. The van der Waals surface area contributed by atoms with Gasteiger partial charge in [0.1, 0.15) is 5.75 Å². The molecule has 0 amide bonds. The van der Waals surface area contributed by atoms with Crippen molar-refractivity contribution in [1.29, 1.82) is 0 Å². The molecule has 0 saturated carbocycles. The Morgan fingerprint density at radius 3 is 2.42 bits per heavy atom. The fourth-order valence-corrected chi connectivity index (χ4v) is 3.31. The molecule has 138 valence electrons. The molecule has 0 unspecified atom stereocenters. The molecule has 0 aliphatic carbocycles. The number of esters is 1. The van der Waals surface area contributed by atoms with E-state index in [9.17, 15) is 4.79 Å². The minimum atomic E-state index is -0.321. The SMILES string of the molecule is CCOC(=O)c1cccc([C@H]2C[C@@H](N)C[C@@H](c3cccc(OC)c3)O2)c1. The lowest BCUT2D eigenvalue weighted by Gasteiger charge is -2.34. The average molecular weight is 355 g/mol. The number of carbonyl (C=O) groups excluding carboxylic acids is 1. The van der Waals surface area contributed by atoms with Crippen LogP contribution in [-0.4, -0.2) is 25.7 Å². The summed E-state index contributed by atoms with van der Waals surface area (Å²) >= 11 is 0. The fraction of sp³-hybridized carbons (Fsp3) is 0.381. The molecule has 0 spiro atoms. The van der Waals surface area contributed by atoms with Crippen molar-refractivity contribution in [1.82, 2.24) is 0 Å². The summed E-state index contributed by atoms with van der Waals surface area (Å²) in [5.74, 6) is 0.477. The summed E-state index contributed by atoms with van der Waals surface area (Å²) in [4.78, 5) is 12.0. The van der Waals surface area contributed by atoms with Crippen molar-refractivity contribution in [3.05, 3.63) is 65.2 Å². The van der Waals surface area contributed by atoms with Crippen molar-refractivity contribution in [3.63, 3.8) is 0 Å².